The van der Waals surface area contributed by atoms with Crippen LogP contribution < -0.4 is 4.72 Å². The molecule has 1 heterocycles. The van der Waals surface area contributed by atoms with Gasteiger partial charge in [-0.3, -0.25) is 0 Å². The zero-order valence-electron chi connectivity index (χ0n) is 11.3. The summed E-state index contributed by atoms with van der Waals surface area (Å²) >= 11 is 0. The van der Waals surface area contributed by atoms with Crippen LogP contribution in [-0.2, 0) is 16.4 Å². The van der Waals surface area contributed by atoms with Gasteiger partial charge in [-0.1, -0.05) is 0 Å². The van der Waals surface area contributed by atoms with E-state index in [0.29, 0.717) is 17.5 Å². The monoisotopic (exact) mass is 297 g/mol. The Kier molecular flexibility index (Phi) is 4.20. The average molecular weight is 297 g/mol. The molecule has 0 amide bonds. The minimum atomic E-state index is -3.64. The van der Waals surface area contributed by atoms with Crippen molar-refractivity contribution in [1.82, 2.24) is 14.7 Å². The number of aromatic amines is 1. The molecule has 0 spiro atoms. The summed E-state index contributed by atoms with van der Waals surface area (Å²) in [5, 5.41) is 0. The number of hydrogen-bond donors (Lipinski definition) is 2. The number of nitrogens with one attached hydrogen (secondary N) is 2. The fraction of sp³-hybridized carbons (Fsp3) is 0.308. The lowest BCUT2D eigenvalue weighted by Gasteiger charge is -2.12. The van der Waals surface area contributed by atoms with E-state index in [0.717, 1.165) is 5.69 Å². The van der Waals surface area contributed by atoms with Crippen LogP contribution >= 0.6 is 0 Å². The molecule has 0 fully saturated rings. The maximum Gasteiger partial charge on any atom is 0.241 e. The normalized spacial score (nSPS) is 11.8. The van der Waals surface area contributed by atoms with Gasteiger partial charge in [-0.15, -0.1) is 0 Å². The summed E-state index contributed by atoms with van der Waals surface area (Å²) in [6.45, 7) is 3.42. The summed E-state index contributed by atoms with van der Waals surface area (Å²) in [5.41, 5.74) is 1.65. The lowest BCUT2D eigenvalue weighted by atomic mass is 10.1. The number of aryl methyl sites for hydroxylation is 2. The Hall–Kier alpha value is -1.73. The van der Waals surface area contributed by atoms with Crippen LogP contribution in [0.2, 0.25) is 0 Å². The third-order valence-electron chi connectivity index (χ3n) is 2.94. The van der Waals surface area contributed by atoms with Crippen LogP contribution in [0.1, 0.15) is 16.8 Å². The van der Waals surface area contributed by atoms with Gasteiger partial charge in [-0.2, -0.15) is 0 Å². The molecule has 0 radical (unpaired) electrons. The second-order valence-corrected chi connectivity index (χ2v) is 6.30. The lowest BCUT2D eigenvalue weighted by molar-refractivity contribution is 0.578. The SMILES string of the molecule is Cc1cc(F)cc(C)c1S(=O)(=O)NCCc1cnc[nH]1. The van der Waals surface area contributed by atoms with Crippen molar-refractivity contribution in [2.45, 2.75) is 25.2 Å². The zero-order valence-corrected chi connectivity index (χ0v) is 12.1. The Balaban J connectivity index is 2.14. The molecule has 0 saturated carbocycles. The van der Waals surface area contributed by atoms with E-state index in [1.165, 1.54) is 18.5 Å². The molecule has 1 aromatic carbocycles. The van der Waals surface area contributed by atoms with E-state index in [2.05, 4.69) is 14.7 Å². The second-order valence-electron chi connectivity index (χ2n) is 4.59. The molecule has 0 aliphatic rings. The zero-order chi connectivity index (χ0) is 14.8. The standard InChI is InChI=1S/C13H16FN3O2S/c1-9-5-11(14)6-10(2)13(9)20(18,19)17-4-3-12-7-15-8-16-12/h5-8,17H,3-4H2,1-2H3,(H,15,16). The third-order valence-corrected chi connectivity index (χ3v) is 4.70. The largest absolute Gasteiger partial charge is 0.348 e. The Labute approximate surface area is 117 Å². The Morgan fingerprint density at radius 3 is 2.50 bits per heavy atom. The molecule has 7 heteroatoms. The van der Waals surface area contributed by atoms with Gasteiger partial charge in [0, 0.05) is 24.9 Å². The molecule has 2 rings (SSSR count). The molecule has 1 aromatic heterocycles. The minimum Gasteiger partial charge on any atom is -0.348 e. The van der Waals surface area contributed by atoms with Gasteiger partial charge in [0.1, 0.15) is 5.82 Å². The predicted molar refractivity (Wildman–Crippen MR) is 73.4 cm³/mol. The van der Waals surface area contributed by atoms with E-state index in [4.69, 9.17) is 0 Å². The van der Waals surface area contributed by atoms with Gasteiger partial charge >= 0.3 is 0 Å². The number of imidazole rings is 1. The highest BCUT2D eigenvalue weighted by Crippen LogP contribution is 2.21. The number of halogens is 1. The lowest BCUT2D eigenvalue weighted by Crippen LogP contribution is -2.27. The van der Waals surface area contributed by atoms with Crippen molar-refractivity contribution >= 4 is 10.0 Å². The number of nitrogens with zero attached hydrogens (tertiary/aromatic N) is 1. The van der Waals surface area contributed by atoms with Crippen molar-refractivity contribution in [3.8, 4) is 0 Å². The molecule has 108 valence electrons. The van der Waals surface area contributed by atoms with Crippen molar-refractivity contribution in [2.75, 3.05) is 6.54 Å². The summed E-state index contributed by atoms with van der Waals surface area (Å²) in [6, 6.07) is 2.44. The maximum atomic E-state index is 13.2. The highest BCUT2D eigenvalue weighted by molar-refractivity contribution is 7.89. The van der Waals surface area contributed by atoms with Crippen molar-refractivity contribution in [3.63, 3.8) is 0 Å². The van der Waals surface area contributed by atoms with E-state index in [-0.39, 0.29) is 11.4 Å². The second kappa shape index (κ2) is 5.72. The van der Waals surface area contributed by atoms with Gasteiger partial charge in [0.05, 0.1) is 11.2 Å². The highest BCUT2D eigenvalue weighted by atomic mass is 32.2. The minimum absolute atomic E-state index is 0.142. The molecule has 20 heavy (non-hydrogen) atoms. The highest BCUT2D eigenvalue weighted by Gasteiger charge is 2.19. The van der Waals surface area contributed by atoms with Crippen LogP contribution in [0.15, 0.2) is 29.6 Å². The fourth-order valence-corrected chi connectivity index (χ4v) is 3.62. The van der Waals surface area contributed by atoms with Gasteiger partial charge in [-0.05, 0) is 37.1 Å². The molecule has 5 nitrogen and oxygen atoms in total. The summed E-state index contributed by atoms with van der Waals surface area (Å²) in [4.78, 5) is 6.90. The average Bonchev–Trinajstić information content (AvgIpc) is 2.79. The van der Waals surface area contributed by atoms with Crippen LogP contribution in [0.5, 0.6) is 0 Å². The van der Waals surface area contributed by atoms with Gasteiger partial charge in [-0.25, -0.2) is 22.5 Å². The van der Waals surface area contributed by atoms with Crippen molar-refractivity contribution in [1.29, 1.82) is 0 Å². The van der Waals surface area contributed by atoms with Crippen molar-refractivity contribution < 1.29 is 12.8 Å². The first-order valence-corrected chi connectivity index (χ1v) is 7.62. The Morgan fingerprint density at radius 2 is 1.95 bits per heavy atom. The molecular formula is C13H16FN3O2S. The van der Waals surface area contributed by atoms with E-state index in [1.807, 2.05) is 0 Å². The summed E-state index contributed by atoms with van der Waals surface area (Å²) in [7, 11) is -3.64. The first kappa shape index (κ1) is 14.7. The van der Waals surface area contributed by atoms with Crippen LogP contribution in [0.4, 0.5) is 4.39 Å². The van der Waals surface area contributed by atoms with Gasteiger partial charge in [0.25, 0.3) is 0 Å². The number of H-pyrrole nitrogens is 1. The molecule has 2 N–H and O–H groups in total. The number of rotatable bonds is 5. The number of sulfonamides is 1. The van der Waals surface area contributed by atoms with Gasteiger partial charge in [0.15, 0.2) is 0 Å². The van der Waals surface area contributed by atoms with E-state index >= 15 is 0 Å². The maximum absolute atomic E-state index is 13.2. The molecule has 0 unspecified atom stereocenters. The Morgan fingerprint density at radius 1 is 1.30 bits per heavy atom. The molecule has 0 bridgehead atoms. The first-order chi connectivity index (χ1) is 9.40. The quantitative estimate of drug-likeness (QED) is 0.882. The predicted octanol–water partition coefficient (Wildman–Crippen LogP) is 1.69. The molecule has 0 saturated heterocycles. The smallest absolute Gasteiger partial charge is 0.241 e. The number of aromatic nitrogens is 2. The molecule has 2 aromatic rings. The molecule has 0 aliphatic carbocycles. The Bertz CT molecular complexity index is 673. The molecular weight excluding hydrogens is 281 g/mol. The van der Waals surface area contributed by atoms with E-state index < -0.39 is 15.8 Å². The summed E-state index contributed by atoms with van der Waals surface area (Å²) in [5.74, 6) is -0.434. The van der Waals surface area contributed by atoms with Crippen molar-refractivity contribution in [2.24, 2.45) is 0 Å². The van der Waals surface area contributed by atoms with E-state index in [9.17, 15) is 12.8 Å². The number of hydrogen-bond acceptors (Lipinski definition) is 3. The van der Waals surface area contributed by atoms with Crippen molar-refractivity contribution in [3.05, 3.63) is 47.3 Å². The van der Waals surface area contributed by atoms with Gasteiger partial charge in [0.2, 0.25) is 10.0 Å². The summed E-state index contributed by atoms with van der Waals surface area (Å²) < 4.78 is 40.2. The van der Waals surface area contributed by atoms with Crippen LogP contribution in [-0.4, -0.2) is 24.9 Å². The molecule has 0 atom stereocenters. The first-order valence-electron chi connectivity index (χ1n) is 6.14. The van der Waals surface area contributed by atoms with Crippen LogP contribution in [0.25, 0.3) is 0 Å². The number of benzene rings is 1. The topological polar surface area (TPSA) is 74.8 Å². The molecule has 0 aliphatic heterocycles. The van der Waals surface area contributed by atoms with Crippen LogP contribution in [0.3, 0.4) is 0 Å². The summed E-state index contributed by atoms with van der Waals surface area (Å²) in [6.07, 6.45) is 3.69. The van der Waals surface area contributed by atoms with Crippen LogP contribution in [0, 0.1) is 19.7 Å². The van der Waals surface area contributed by atoms with E-state index in [1.54, 1.807) is 20.0 Å². The fourth-order valence-electron chi connectivity index (χ4n) is 2.13. The third kappa shape index (κ3) is 3.23. The van der Waals surface area contributed by atoms with Gasteiger partial charge < -0.3 is 4.98 Å².